The van der Waals surface area contributed by atoms with Gasteiger partial charge < -0.3 is 14.8 Å². The number of piperazine rings is 1. The molecule has 0 atom stereocenters. The van der Waals surface area contributed by atoms with Gasteiger partial charge in [-0.1, -0.05) is 30.3 Å². The highest BCUT2D eigenvalue weighted by molar-refractivity contribution is 5.93. The van der Waals surface area contributed by atoms with Gasteiger partial charge in [0.2, 0.25) is 5.91 Å². The van der Waals surface area contributed by atoms with Gasteiger partial charge in [-0.05, 0) is 6.07 Å². The average molecular weight is 326 g/mol. The lowest BCUT2D eigenvalue weighted by molar-refractivity contribution is -0.130. The molecule has 7 nitrogen and oxygen atoms in total. The molecule has 0 aliphatic carbocycles. The Labute approximate surface area is 138 Å². The van der Waals surface area contributed by atoms with Crippen molar-refractivity contribution < 1.29 is 9.59 Å². The van der Waals surface area contributed by atoms with Gasteiger partial charge in [0.25, 0.3) is 5.91 Å². The highest BCUT2D eigenvalue weighted by Crippen LogP contribution is 2.16. The molecule has 0 bridgehead atoms. The number of aromatic amines is 1. The molecule has 1 N–H and O–H groups in total. The summed E-state index contributed by atoms with van der Waals surface area (Å²) in [6.07, 6.45) is 0. The second kappa shape index (κ2) is 6.66. The van der Waals surface area contributed by atoms with E-state index in [1.807, 2.05) is 30.3 Å². The number of aromatic nitrogens is 2. The molecule has 0 spiro atoms. The second-order valence-electron chi connectivity index (χ2n) is 5.65. The number of H-pyrrole nitrogens is 1. The van der Waals surface area contributed by atoms with Crippen LogP contribution in [0.3, 0.4) is 0 Å². The van der Waals surface area contributed by atoms with E-state index >= 15 is 0 Å². The van der Waals surface area contributed by atoms with Gasteiger partial charge in [0.1, 0.15) is 5.69 Å². The smallest absolute Gasteiger partial charge is 0.339 e. The highest BCUT2D eigenvalue weighted by atomic mass is 16.2. The molecule has 0 saturated carbocycles. The third kappa shape index (κ3) is 3.34. The zero-order valence-corrected chi connectivity index (χ0v) is 13.4. The van der Waals surface area contributed by atoms with Crippen LogP contribution in [0.2, 0.25) is 0 Å². The second-order valence-corrected chi connectivity index (χ2v) is 5.65. The number of carbonyl (C=O) groups is 2. The molecule has 124 valence electrons. The molecule has 0 unspecified atom stereocenters. The van der Waals surface area contributed by atoms with Crippen LogP contribution in [0.15, 0.2) is 41.2 Å². The van der Waals surface area contributed by atoms with Crippen molar-refractivity contribution in [3.63, 3.8) is 0 Å². The van der Waals surface area contributed by atoms with E-state index in [2.05, 4.69) is 9.97 Å². The summed E-state index contributed by atoms with van der Waals surface area (Å²) in [6.45, 7) is 3.42. The highest BCUT2D eigenvalue weighted by Gasteiger charge is 2.24. The van der Waals surface area contributed by atoms with E-state index in [0.29, 0.717) is 31.9 Å². The Morgan fingerprint density at radius 2 is 1.67 bits per heavy atom. The number of hydrogen-bond donors (Lipinski definition) is 1. The maximum atomic E-state index is 12.6. The molecule has 1 aliphatic rings. The van der Waals surface area contributed by atoms with Crippen molar-refractivity contribution in [3.05, 3.63) is 52.6 Å². The SMILES string of the molecule is CC(=O)N1CCN(C(=O)c2cc(-c3ccccc3)nc(=O)[nH]2)CC1. The lowest BCUT2D eigenvalue weighted by atomic mass is 10.1. The maximum absolute atomic E-state index is 12.6. The van der Waals surface area contributed by atoms with E-state index in [1.165, 1.54) is 6.92 Å². The van der Waals surface area contributed by atoms with Crippen molar-refractivity contribution in [1.29, 1.82) is 0 Å². The standard InChI is InChI=1S/C17H18N4O3/c1-12(22)20-7-9-21(10-8-20)16(23)15-11-14(18-17(24)19-15)13-5-3-2-4-6-13/h2-6,11H,7-10H2,1H3,(H,18,19,24). The first kappa shape index (κ1) is 15.9. The van der Waals surface area contributed by atoms with Gasteiger partial charge >= 0.3 is 5.69 Å². The molecule has 2 heterocycles. The normalized spacial score (nSPS) is 14.5. The fraction of sp³-hybridized carbons (Fsp3) is 0.294. The maximum Gasteiger partial charge on any atom is 0.346 e. The van der Waals surface area contributed by atoms with Gasteiger partial charge in [0, 0.05) is 38.7 Å². The first-order valence-corrected chi connectivity index (χ1v) is 7.76. The summed E-state index contributed by atoms with van der Waals surface area (Å²) in [4.78, 5) is 45.6. The van der Waals surface area contributed by atoms with Crippen molar-refractivity contribution in [3.8, 4) is 11.3 Å². The number of amides is 2. The van der Waals surface area contributed by atoms with Crippen LogP contribution in [0.25, 0.3) is 11.3 Å². The van der Waals surface area contributed by atoms with Crippen molar-refractivity contribution in [1.82, 2.24) is 19.8 Å². The third-order valence-electron chi connectivity index (χ3n) is 4.06. The average Bonchev–Trinajstić information content (AvgIpc) is 2.61. The molecule has 7 heteroatoms. The molecule has 24 heavy (non-hydrogen) atoms. The first-order chi connectivity index (χ1) is 11.5. The van der Waals surface area contributed by atoms with Gasteiger partial charge in [0.05, 0.1) is 5.69 Å². The van der Waals surface area contributed by atoms with Crippen LogP contribution in [-0.2, 0) is 4.79 Å². The van der Waals surface area contributed by atoms with Crippen molar-refractivity contribution in [2.45, 2.75) is 6.92 Å². The van der Waals surface area contributed by atoms with Gasteiger partial charge in [-0.25, -0.2) is 4.79 Å². The van der Waals surface area contributed by atoms with E-state index in [9.17, 15) is 14.4 Å². The predicted molar refractivity (Wildman–Crippen MR) is 88.5 cm³/mol. The van der Waals surface area contributed by atoms with Gasteiger partial charge in [-0.3, -0.25) is 9.59 Å². The zero-order chi connectivity index (χ0) is 17.1. The molecule has 1 fully saturated rings. The van der Waals surface area contributed by atoms with Gasteiger partial charge in [-0.15, -0.1) is 0 Å². The van der Waals surface area contributed by atoms with E-state index in [-0.39, 0.29) is 17.5 Å². The van der Waals surface area contributed by atoms with Crippen LogP contribution < -0.4 is 5.69 Å². The molecule has 1 aliphatic heterocycles. The Balaban J connectivity index is 1.82. The van der Waals surface area contributed by atoms with Crippen molar-refractivity contribution in [2.75, 3.05) is 26.2 Å². The molecule has 0 radical (unpaired) electrons. The summed E-state index contributed by atoms with van der Waals surface area (Å²) in [6, 6.07) is 10.8. The number of carbonyl (C=O) groups excluding carboxylic acids is 2. The largest absolute Gasteiger partial charge is 0.346 e. The fourth-order valence-corrected chi connectivity index (χ4v) is 2.72. The summed E-state index contributed by atoms with van der Waals surface area (Å²) in [5.41, 5.74) is 0.899. The summed E-state index contributed by atoms with van der Waals surface area (Å²) < 4.78 is 0. The number of nitrogens with zero attached hydrogens (tertiary/aromatic N) is 3. The van der Waals surface area contributed by atoms with Crippen molar-refractivity contribution in [2.24, 2.45) is 0 Å². The lowest BCUT2D eigenvalue weighted by Crippen LogP contribution is -2.50. The van der Waals surface area contributed by atoms with Gasteiger partial charge in [0.15, 0.2) is 0 Å². The van der Waals surface area contributed by atoms with E-state index in [0.717, 1.165) is 5.56 Å². The minimum Gasteiger partial charge on any atom is -0.339 e. The molecule has 2 aromatic rings. The summed E-state index contributed by atoms with van der Waals surface area (Å²) >= 11 is 0. The summed E-state index contributed by atoms with van der Waals surface area (Å²) in [7, 11) is 0. The summed E-state index contributed by atoms with van der Waals surface area (Å²) in [5, 5.41) is 0. The molecule has 3 rings (SSSR count). The first-order valence-electron chi connectivity index (χ1n) is 7.76. The number of nitrogens with one attached hydrogen (secondary N) is 1. The molecule has 2 amide bonds. The molecule has 1 aromatic heterocycles. The lowest BCUT2D eigenvalue weighted by Gasteiger charge is -2.34. The molecular weight excluding hydrogens is 308 g/mol. The Morgan fingerprint density at radius 3 is 2.29 bits per heavy atom. The zero-order valence-electron chi connectivity index (χ0n) is 13.4. The van der Waals surface area contributed by atoms with Crippen LogP contribution in [0.1, 0.15) is 17.4 Å². The predicted octanol–water partition coefficient (Wildman–Crippen LogP) is 0.741. The monoisotopic (exact) mass is 326 g/mol. The fourth-order valence-electron chi connectivity index (χ4n) is 2.72. The van der Waals surface area contributed by atoms with Crippen LogP contribution >= 0.6 is 0 Å². The van der Waals surface area contributed by atoms with Crippen LogP contribution in [-0.4, -0.2) is 57.8 Å². The minimum absolute atomic E-state index is 0.00535. The Kier molecular flexibility index (Phi) is 4.41. The number of rotatable bonds is 2. The number of hydrogen-bond acceptors (Lipinski definition) is 4. The number of benzene rings is 1. The topological polar surface area (TPSA) is 86.4 Å². The van der Waals surface area contributed by atoms with E-state index in [1.54, 1.807) is 15.9 Å². The Hall–Kier alpha value is -2.96. The molecule has 1 saturated heterocycles. The quantitative estimate of drug-likeness (QED) is 0.882. The van der Waals surface area contributed by atoms with Crippen LogP contribution in [0, 0.1) is 0 Å². The van der Waals surface area contributed by atoms with Crippen LogP contribution in [0.4, 0.5) is 0 Å². The molecule has 1 aromatic carbocycles. The van der Waals surface area contributed by atoms with E-state index in [4.69, 9.17) is 0 Å². The summed E-state index contributed by atoms with van der Waals surface area (Å²) in [5.74, 6) is -0.249. The van der Waals surface area contributed by atoms with Gasteiger partial charge in [-0.2, -0.15) is 4.98 Å². The third-order valence-corrected chi connectivity index (χ3v) is 4.06. The van der Waals surface area contributed by atoms with Crippen LogP contribution in [0.5, 0.6) is 0 Å². The minimum atomic E-state index is -0.554. The molecular formula is C17H18N4O3. The van der Waals surface area contributed by atoms with E-state index < -0.39 is 5.69 Å². The Bertz CT molecular complexity index is 808. The van der Waals surface area contributed by atoms with Crippen molar-refractivity contribution >= 4 is 11.8 Å². The Morgan fingerprint density at radius 1 is 1.04 bits per heavy atom.